The third-order valence-electron chi connectivity index (χ3n) is 3.98. The molecule has 2 rings (SSSR count). The third kappa shape index (κ3) is 4.33. The molecule has 0 aliphatic carbocycles. The molecule has 0 bridgehead atoms. The lowest BCUT2D eigenvalue weighted by Crippen LogP contribution is -2.19. The Bertz CT molecular complexity index is 1010. The van der Waals surface area contributed by atoms with Gasteiger partial charge in [0.25, 0.3) is 10.0 Å². The molecule has 1 aromatic heterocycles. The Morgan fingerprint density at radius 3 is 2.25 bits per heavy atom. The molecule has 10 heteroatoms. The SMILES string of the molecule is CCOC(=O)c1ccc(C(=O)OCC)c(NS(=O)(=O)c2c(C)nn(C)c2C)c1. The molecule has 0 amide bonds. The van der Waals surface area contributed by atoms with Gasteiger partial charge in [-0.25, -0.2) is 18.0 Å². The second kappa shape index (κ2) is 8.42. The van der Waals surface area contributed by atoms with Crippen molar-refractivity contribution in [1.82, 2.24) is 9.78 Å². The number of aryl methyl sites for hydroxylation is 2. The van der Waals surface area contributed by atoms with Crippen LogP contribution < -0.4 is 4.72 Å². The van der Waals surface area contributed by atoms with Gasteiger partial charge in [-0.05, 0) is 45.9 Å². The lowest BCUT2D eigenvalue weighted by Gasteiger charge is -2.14. The molecule has 0 saturated heterocycles. The number of anilines is 1. The van der Waals surface area contributed by atoms with Gasteiger partial charge in [-0.1, -0.05) is 0 Å². The molecular weight excluding hydrogens is 386 g/mol. The van der Waals surface area contributed by atoms with Crippen molar-refractivity contribution in [3.63, 3.8) is 0 Å². The van der Waals surface area contributed by atoms with E-state index >= 15 is 0 Å². The summed E-state index contributed by atoms with van der Waals surface area (Å²) in [5, 5.41) is 4.11. The average Bonchev–Trinajstić information content (AvgIpc) is 2.87. The van der Waals surface area contributed by atoms with Gasteiger partial charge in [0.15, 0.2) is 0 Å². The van der Waals surface area contributed by atoms with Gasteiger partial charge in [0, 0.05) is 7.05 Å². The van der Waals surface area contributed by atoms with Crippen molar-refractivity contribution in [2.45, 2.75) is 32.6 Å². The fraction of sp³-hybridized carbons (Fsp3) is 0.389. The summed E-state index contributed by atoms with van der Waals surface area (Å²) in [5.74, 6) is -1.35. The molecule has 0 unspecified atom stereocenters. The molecule has 0 aliphatic rings. The van der Waals surface area contributed by atoms with Gasteiger partial charge >= 0.3 is 11.9 Å². The Kier molecular flexibility index (Phi) is 6.45. The summed E-state index contributed by atoms with van der Waals surface area (Å²) in [6.07, 6.45) is 0. The minimum atomic E-state index is -4.07. The Balaban J connectivity index is 2.55. The van der Waals surface area contributed by atoms with Gasteiger partial charge in [0.2, 0.25) is 0 Å². The van der Waals surface area contributed by atoms with Crippen molar-refractivity contribution < 1.29 is 27.5 Å². The van der Waals surface area contributed by atoms with Gasteiger partial charge in [-0.3, -0.25) is 9.40 Å². The number of hydrogen-bond acceptors (Lipinski definition) is 7. The largest absolute Gasteiger partial charge is 0.462 e. The zero-order valence-electron chi connectivity index (χ0n) is 16.4. The standard InChI is InChI=1S/C18H23N3O6S/c1-6-26-17(22)13-8-9-14(18(23)27-7-2)15(10-13)20-28(24,25)16-11(3)19-21(5)12(16)4/h8-10,20H,6-7H2,1-5H3. The maximum absolute atomic E-state index is 13.0. The van der Waals surface area contributed by atoms with E-state index in [1.54, 1.807) is 34.7 Å². The normalized spacial score (nSPS) is 11.2. The minimum absolute atomic E-state index is 0.00588. The van der Waals surface area contributed by atoms with Crippen molar-refractivity contribution >= 4 is 27.6 Å². The first kappa shape index (κ1) is 21.4. The van der Waals surface area contributed by atoms with Gasteiger partial charge in [0.1, 0.15) is 4.90 Å². The topological polar surface area (TPSA) is 117 Å². The summed E-state index contributed by atoms with van der Waals surface area (Å²) in [5.41, 5.74) is 0.757. The summed E-state index contributed by atoms with van der Waals surface area (Å²) in [6, 6.07) is 3.95. The zero-order chi connectivity index (χ0) is 21.1. The van der Waals surface area contributed by atoms with Crippen LogP contribution >= 0.6 is 0 Å². The highest BCUT2D eigenvalue weighted by Gasteiger charge is 2.26. The molecule has 0 radical (unpaired) electrons. The van der Waals surface area contributed by atoms with E-state index in [-0.39, 0.29) is 34.9 Å². The van der Waals surface area contributed by atoms with Gasteiger partial charge < -0.3 is 9.47 Å². The predicted octanol–water partition coefficient (Wildman–Crippen LogP) is 2.19. The first-order valence-electron chi connectivity index (χ1n) is 8.63. The molecule has 28 heavy (non-hydrogen) atoms. The average molecular weight is 409 g/mol. The number of ether oxygens (including phenoxy) is 2. The maximum Gasteiger partial charge on any atom is 0.340 e. The Morgan fingerprint density at radius 1 is 1.11 bits per heavy atom. The summed E-state index contributed by atoms with van der Waals surface area (Å²) in [6.45, 7) is 6.76. The molecule has 1 N–H and O–H groups in total. The van der Waals surface area contributed by atoms with Crippen LogP contribution in [0.3, 0.4) is 0 Å². The molecule has 1 heterocycles. The number of aromatic nitrogens is 2. The highest BCUT2D eigenvalue weighted by atomic mass is 32.2. The second-order valence-corrected chi connectivity index (χ2v) is 7.55. The first-order valence-corrected chi connectivity index (χ1v) is 10.1. The Labute approximate surface area is 163 Å². The number of nitrogens with one attached hydrogen (secondary N) is 1. The van der Waals surface area contributed by atoms with Crippen LogP contribution in [0.4, 0.5) is 5.69 Å². The van der Waals surface area contributed by atoms with Crippen molar-refractivity contribution in [3.8, 4) is 0 Å². The molecule has 0 spiro atoms. The quantitative estimate of drug-likeness (QED) is 0.697. The number of hydrogen-bond donors (Lipinski definition) is 1. The van der Waals surface area contributed by atoms with E-state index < -0.39 is 22.0 Å². The molecule has 2 aromatic rings. The third-order valence-corrected chi connectivity index (χ3v) is 5.60. The molecule has 0 fully saturated rings. The van der Waals surface area contributed by atoms with Crippen LogP contribution in [-0.2, 0) is 26.5 Å². The predicted molar refractivity (Wildman–Crippen MR) is 102 cm³/mol. The Hall–Kier alpha value is -2.88. The molecule has 0 atom stereocenters. The van der Waals surface area contributed by atoms with Gasteiger partial charge in [0.05, 0.1) is 41.4 Å². The van der Waals surface area contributed by atoms with E-state index in [9.17, 15) is 18.0 Å². The second-order valence-electron chi connectivity index (χ2n) is 5.93. The van der Waals surface area contributed by atoms with Crippen LogP contribution in [0.15, 0.2) is 23.1 Å². The molecule has 152 valence electrons. The monoisotopic (exact) mass is 409 g/mol. The maximum atomic E-state index is 13.0. The molecule has 0 saturated carbocycles. The summed E-state index contributed by atoms with van der Waals surface area (Å²) < 4.78 is 39.7. The number of carbonyl (C=O) groups excluding carboxylic acids is 2. The highest BCUT2D eigenvalue weighted by Crippen LogP contribution is 2.26. The zero-order valence-corrected chi connectivity index (χ0v) is 17.2. The fourth-order valence-corrected chi connectivity index (χ4v) is 4.21. The number of esters is 2. The van der Waals surface area contributed by atoms with E-state index in [4.69, 9.17) is 9.47 Å². The summed E-state index contributed by atoms with van der Waals surface area (Å²) in [7, 11) is -2.44. The Morgan fingerprint density at radius 2 is 1.71 bits per heavy atom. The minimum Gasteiger partial charge on any atom is -0.462 e. The highest BCUT2D eigenvalue weighted by molar-refractivity contribution is 7.92. The lowest BCUT2D eigenvalue weighted by atomic mass is 10.1. The molecule has 0 aliphatic heterocycles. The number of benzene rings is 1. The summed E-state index contributed by atoms with van der Waals surface area (Å²) >= 11 is 0. The van der Waals surface area contributed by atoms with Crippen molar-refractivity contribution in [1.29, 1.82) is 0 Å². The van der Waals surface area contributed by atoms with Crippen LogP contribution in [0, 0.1) is 13.8 Å². The number of rotatable bonds is 7. The van der Waals surface area contributed by atoms with Crippen molar-refractivity contribution in [3.05, 3.63) is 40.7 Å². The molecular formula is C18H23N3O6S. The van der Waals surface area contributed by atoms with Crippen LogP contribution in [0.5, 0.6) is 0 Å². The van der Waals surface area contributed by atoms with E-state index in [0.717, 1.165) is 0 Å². The van der Waals surface area contributed by atoms with Crippen molar-refractivity contribution in [2.75, 3.05) is 17.9 Å². The van der Waals surface area contributed by atoms with Gasteiger partial charge in [-0.2, -0.15) is 5.10 Å². The smallest absolute Gasteiger partial charge is 0.340 e. The van der Waals surface area contributed by atoms with Crippen LogP contribution in [0.2, 0.25) is 0 Å². The summed E-state index contributed by atoms with van der Waals surface area (Å²) in [4.78, 5) is 24.3. The number of nitrogens with zero attached hydrogens (tertiary/aromatic N) is 2. The van der Waals surface area contributed by atoms with E-state index in [1.807, 2.05) is 0 Å². The van der Waals surface area contributed by atoms with Gasteiger partial charge in [-0.15, -0.1) is 0 Å². The van der Waals surface area contributed by atoms with Crippen LogP contribution in [0.1, 0.15) is 46.0 Å². The molecule has 9 nitrogen and oxygen atoms in total. The first-order chi connectivity index (χ1) is 13.1. The van der Waals surface area contributed by atoms with Crippen LogP contribution in [0.25, 0.3) is 0 Å². The number of carbonyl (C=O) groups is 2. The lowest BCUT2D eigenvalue weighted by molar-refractivity contribution is 0.0512. The van der Waals surface area contributed by atoms with Crippen LogP contribution in [-0.4, -0.2) is 43.4 Å². The van der Waals surface area contributed by atoms with Crippen molar-refractivity contribution in [2.24, 2.45) is 7.05 Å². The van der Waals surface area contributed by atoms with E-state index in [1.165, 1.54) is 22.9 Å². The number of sulfonamides is 1. The van der Waals surface area contributed by atoms with E-state index in [0.29, 0.717) is 11.4 Å². The fourth-order valence-electron chi connectivity index (χ4n) is 2.70. The van der Waals surface area contributed by atoms with E-state index in [2.05, 4.69) is 9.82 Å². The molecule has 1 aromatic carbocycles.